The maximum absolute atomic E-state index is 10.3. The van der Waals surface area contributed by atoms with Gasteiger partial charge < -0.3 is 9.90 Å². The number of aromatic carboxylic acids is 1. The molecule has 0 N–H and O–H groups in total. The number of hydrogen-bond acceptors (Lipinski definition) is 2. The molecule has 1 rings (SSSR count). The van der Waals surface area contributed by atoms with Gasteiger partial charge in [-0.1, -0.05) is 29.3 Å². The van der Waals surface area contributed by atoms with Gasteiger partial charge in [0, 0.05) is 0 Å². The molecule has 0 amide bonds. The Morgan fingerprint density at radius 2 is 1.91 bits per heavy atom. The molecule has 11 heavy (non-hydrogen) atoms. The second kappa shape index (κ2) is 3.11. The first-order valence-electron chi connectivity index (χ1n) is 2.77. The molecule has 0 spiro atoms. The number of hydrogen-bond donors (Lipinski definition) is 0. The molecule has 0 aromatic heterocycles. The maximum atomic E-state index is 10.3. The first-order chi connectivity index (χ1) is 5.11. The highest BCUT2D eigenvalue weighted by Crippen LogP contribution is 2.21. The van der Waals surface area contributed by atoms with Gasteiger partial charge in [0.2, 0.25) is 0 Å². The van der Waals surface area contributed by atoms with E-state index in [1.807, 2.05) is 0 Å². The number of benzene rings is 1. The van der Waals surface area contributed by atoms with Crippen LogP contribution in [-0.4, -0.2) is 5.97 Å². The fourth-order valence-electron chi connectivity index (χ4n) is 0.623. The van der Waals surface area contributed by atoms with Crippen molar-refractivity contribution >= 4 is 29.2 Å². The molecule has 0 atom stereocenters. The van der Waals surface area contributed by atoms with Gasteiger partial charge >= 0.3 is 0 Å². The van der Waals surface area contributed by atoms with Gasteiger partial charge in [0.15, 0.2) is 0 Å². The molecular formula is C7H3Cl2O2-. The smallest absolute Gasteiger partial charge is 0.0715 e. The van der Waals surface area contributed by atoms with Crippen LogP contribution in [0.5, 0.6) is 0 Å². The molecule has 0 aliphatic carbocycles. The molecule has 0 aliphatic heterocycles. The van der Waals surface area contributed by atoms with Crippen LogP contribution in [0.1, 0.15) is 10.4 Å². The van der Waals surface area contributed by atoms with Crippen LogP contribution in [0, 0.1) is 0 Å². The van der Waals surface area contributed by atoms with Crippen molar-refractivity contribution in [1.29, 1.82) is 0 Å². The molecule has 0 fully saturated rings. The number of carbonyl (C=O) groups excluding carboxylic acids is 1. The summed E-state index contributed by atoms with van der Waals surface area (Å²) in [6, 6.07) is 4.00. The largest absolute Gasteiger partial charge is 0.545 e. The van der Waals surface area contributed by atoms with Crippen molar-refractivity contribution in [3.63, 3.8) is 0 Å². The Kier molecular flexibility index (Phi) is 2.37. The summed E-state index contributed by atoms with van der Waals surface area (Å²) < 4.78 is 0. The van der Waals surface area contributed by atoms with Gasteiger partial charge in [-0.3, -0.25) is 0 Å². The number of carbonyl (C=O) groups is 1. The predicted octanol–water partition coefficient (Wildman–Crippen LogP) is 1.36. The molecule has 0 aliphatic rings. The highest BCUT2D eigenvalue weighted by molar-refractivity contribution is 6.42. The minimum atomic E-state index is -1.26. The lowest BCUT2D eigenvalue weighted by atomic mass is 10.2. The fraction of sp³-hybridized carbons (Fsp3) is 0. The van der Waals surface area contributed by atoms with E-state index >= 15 is 0 Å². The third kappa shape index (κ3) is 1.85. The summed E-state index contributed by atoms with van der Waals surface area (Å²) >= 11 is 11.1. The number of carboxylic acid groups (broad SMARTS) is 1. The van der Waals surface area contributed by atoms with Gasteiger partial charge in [-0.25, -0.2) is 0 Å². The summed E-state index contributed by atoms with van der Waals surface area (Å²) in [6.45, 7) is 0. The average molecular weight is 190 g/mol. The van der Waals surface area contributed by atoms with Gasteiger partial charge in [0.1, 0.15) is 0 Å². The Labute approximate surface area is 73.4 Å². The van der Waals surface area contributed by atoms with E-state index < -0.39 is 5.97 Å². The number of halogens is 2. The lowest BCUT2D eigenvalue weighted by molar-refractivity contribution is -0.255. The summed E-state index contributed by atoms with van der Waals surface area (Å²) in [5.41, 5.74) is 0.0272. The van der Waals surface area contributed by atoms with Crippen LogP contribution in [0.2, 0.25) is 10.0 Å². The summed E-state index contributed by atoms with van der Waals surface area (Å²) in [5, 5.41) is 10.8. The Morgan fingerprint density at radius 3 is 2.36 bits per heavy atom. The Hall–Kier alpha value is -0.730. The maximum Gasteiger partial charge on any atom is 0.0715 e. The van der Waals surface area contributed by atoms with Crippen molar-refractivity contribution in [3.05, 3.63) is 33.8 Å². The molecule has 0 bridgehead atoms. The van der Waals surface area contributed by atoms with Crippen LogP contribution in [-0.2, 0) is 0 Å². The van der Waals surface area contributed by atoms with Gasteiger partial charge in [-0.15, -0.1) is 0 Å². The van der Waals surface area contributed by atoms with Gasteiger partial charge in [0.25, 0.3) is 0 Å². The van der Waals surface area contributed by atoms with Crippen LogP contribution >= 0.6 is 23.2 Å². The van der Waals surface area contributed by atoms with Crippen LogP contribution in [0.3, 0.4) is 0 Å². The standard InChI is InChI=1S/C7H4Cl2O2/c8-5-2-1-4(7(10)11)3-6(5)9/h1-3H,(H,10,11)/p-1. The summed E-state index contributed by atoms with van der Waals surface area (Å²) in [5.74, 6) is -1.26. The molecule has 0 saturated carbocycles. The Morgan fingerprint density at radius 1 is 1.27 bits per heavy atom. The van der Waals surface area contributed by atoms with Crippen LogP contribution < -0.4 is 5.11 Å². The predicted molar refractivity (Wildman–Crippen MR) is 40.8 cm³/mol. The van der Waals surface area contributed by atoms with E-state index in [1.54, 1.807) is 0 Å². The average Bonchev–Trinajstić information content (AvgIpc) is 1.94. The van der Waals surface area contributed by atoms with E-state index in [9.17, 15) is 9.90 Å². The fourth-order valence-corrected chi connectivity index (χ4v) is 0.921. The molecule has 2 nitrogen and oxygen atoms in total. The number of rotatable bonds is 1. The van der Waals surface area contributed by atoms with E-state index in [0.29, 0.717) is 5.02 Å². The quantitative estimate of drug-likeness (QED) is 0.670. The van der Waals surface area contributed by atoms with Crippen LogP contribution in [0.4, 0.5) is 0 Å². The molecule has 0 radical (unpaired) electrons. The minimum Gasteiger partial charge on any atom is -0.545 e. The monoisotopic (exact) mass is 189 g/mol. The highest BCUT2D eigenvalue weighted by Gasteiger charge is 1.98. The first kappa shape index (κ1) is 8.37. The third-order valence-corrected chi connectivity index (χ3v) is 1.89. The number of carboxylic acids is 1. The zero-order valence-corrected chi connectivity index (χ0v) is 6.82. The molecule has 0 heterocycles. The van der Waals surface area contributed by atoms with Gasteiger partial charge in [-0.05, 0) is 17.7 Å². The zero-order valence-electron chi connectivity index (χ0n) is 5.30. The summed E-state index contributed by atoms with van der Waals surface area (Å²) in [7, 11) is 0. The lowest BCUT2D eigenvalue weighted by Crippen LogP contribution is -2.21. The minimum absolute atomic E-state index is 0.0272. The second-order valence-corrected chi connectivity index (χ2v) is 2.73. The summed E-state index contributed by atoms with van der Waals surface area (Å²) in [4.78, 5) is 10.3. The SMILES string of the molecule is O=C([O-])c1ccc(Cl)c(Cl)c1. The molecule has 1 aromatic carbocycles. The third-order valence-electron chi connectivity index (χ3n) is 1.16. The lowest BCUT2D eigenvalue weighted by Gasteiger charge is -2.02. The molecule has 0 saturated heterocycles. The zero-order chi connectivity index (χ0) is 8.43. The highest BCUT2D eigenvalue weighted by atomic mass is 35.5. The van der Waals surface area contributed by atoms with Crippen molar-refractivity contribution in [3.8, 4) is 0 Å². The van der Waals surface area contributed by atoms with Gasteiger partial charge in [-0.2, -0.15) is 0 Å². The van der Waals surface area contributed by atoms with Crippen molar-refractivity contribution in [2.45, 2.75) is 0 Å². The Bertz CT molecular complexity index is 296. The molecule has 58 valence electrons. The van der Waals surface area contributed by atoms with Crippen LogP contribution in [0.15, 0.2) is 18.2 Å². The van der Waals surface area contributed by atoms with Crippen molar-refractivity contribution in [2.75, 3.05) is 0 Å². The first-order valence-corrected chi connectivity index (χ1v) is 3.53. The molecular weight excluding hydrogens is 187 g/mol. The van der Waals surface area contributed by atoms with Crippen molar-refractivity contribution in [2.24, 2.45) is 0 Å². The van der Waals surface area contributed by atoms with Crippen LogP contribution in [0.25, 0.3) is 0 Å². The van der Waals surface area contributed by atoms with E-state index in [2.05, 4.69) is 0 Å². The van der Waals surface area contributed by atoms with Gasteiger partial charge in [0.05, 0.1) is 16.0 Å². The molecule has 4 heteroatoms. The summed E-state index contributed by atoms with van der Waals surface area (Å²) in [6.07, 6.45) is 0. The topological polar surface area (TPSA) is 40.1 Å². The molecule has 0 unspecified atom stereocenters. The normalized spacial score (nSPS) is 9.64. The van der Waals surface area contributed by atoms with E-state index in [0.717, 1.165) is 0 Å². The second-order valence-electron chi connectivity index (χ2n) is 1.92. The van der Waals surface area contributed by atoms with Crippen molar-refractivity contribution in [1.82, 2.24) is 0 Å². The van der Waals surface area contributed by atoms with E-state index in [4.69, 9.17) is 23.2 Å². The molecule has 1 aromatic rings. The van der Waals surface area contributed by atoms with Crippen molar-refractivity contribution < 1.29 is 9.90 Å². The van der Waals surface area contributed by atoms with E-state index in [-0.39, 0.29) is 10.6 Å². The van der Waals surface area contributed by atoms with E-state index in [1.165, 1.54) is 18.2 Å². The Balaban J connectivity index is 3.15.